The van der Waals surface area contributed by atoms with E-state index < -0.39 is 29.0 Å². The molecule has 2 N–H and O–H groups in total. The summed E-state index contributed by atoms with van der Waals surface area (Å²) in [6.07, 6.45) is 0. The van der Waals surface area contributed by atoms with Crippen molar-refractivity contribution in [2.75, 3.05) is 0 Å². The van der Waals surface area contributed by atoms with Crippen LogP contribution in [0.3, 0.4) is 0 Å². The first kappa shape index (κ1) is 20.1. The molecule has 0 fully saturated rings. The fourth-order valence-electron chi connectivity index (χ4n) is 2.29. The molecule has 2 aromatic rings. The van der Waals surface area contributed by atoms with E-state index in [1.54, 1.807) is 12.1 Å². The van der Waals surface area contributed by atoms with Crippen LogP contribution in [0, 0.1) is 0 Å². The van der Waals surface area contributed by atoms with Gasteiger partial charge in [0.15, 0.2) is 5.75 Å². The highest BCUT2D eigenvalue weighted by Crippen LogP contribution is 2.37. The van der Waals surface area contributed by atoms with Crippen LogP contribution in [0.4, 0.5) is 0 Å². The summed E-state index contributed by atoms with van der Waals surface area (Å²) in [6, 6.07) is 7.21. The summed E-state index contributed by atoms with van der Waals surface area (Å²) in [6.45, 7) is 4.02. The monoisotopic (exact) mass is 484 g/mol. The lowest BCUT2D eigenvalue weighted by Gasteiger charge is -2.14. The van der Waals surface area contributed by atoms with E-state index >= 15 is 0 Å². The molecule has 0 spiro atoms. The molecule has 6 nitrogen and oxygen atoms in total. The van der Waals surface area contributed by atoms with E-state index in [1.165, 1.54) is 12.1 Å². The van der Waals surface area contributed by atoms with E-state index in [0.717, 1.165) is 11.6 Å². The van der Waals surface area contributed by atoms with Gasteiger partial charge in [-0.25, -0.2) is 14.4 Å². The van der Waals surface area contributed by atoms with Crippen molar-refractivity contribution in [1.82, 2.24) is 0 Å². The summed E-state index contributed by atoms with van der Waals surface area (Å²) in [7, 11) is 0. The molecule has 8 heteroatoms. The maximum atomic E-state index is 12.5. The predicted octanol–water partition coefficient (Wildman–Crippen LogP) is 4.95. The molecule has 2 rings (SSSR count). The molecule has 0 saturated carbocycles. The van der Waals surface area contributed by atoms with E-state index in [2.05, 4.69) is 31.9 Å². The lowest BCUT2D eigenvalue weighted by atomic mass is 10.0. The zero-order valence-electron chi connectivity index (χ0n) is 13.7. The van der Waals surface area contributed by atoms with Crippen LogP contribution in [0.5, 0.6) is 5.75 Å². The number of esters is 1. The predicted molar refractivity (Wildman–Crippen MR) is 101 cm³/mol. The van der Waals surface area contributed by atoms with Crippen LogP contribution < -0.4 is 4.74 Å². The van der Waals surface area contributed by atoms with Gasteiger partial charge in [-0.3, -0.25) is 0 Å². The summed E-state index contributed by atoms with van der Waals surface area (Å²) >= 11 is 6.67. The minimum atomic E-state index is -1.52. The molecule has 0 aromatic heterocycles. The van der Waals surface area contributed by atoms with Crippen LogP contribution in [0.25, 0.3) is 0 Å². The lowest BCUT2D eigenvalue weighted by molar-refractivity contribution is 0.0640. The van der Waals surface area contributed by atoms with E-state index in [1.807, 2.05) is 13.8 Å². The van der Waals surface area contributed by atoms with Gasteiger partial charge >= 0.3 is 17.9 Å². The largest absolute Gasteiger partial charge is 0.478 e. The Labute approximate surface area is 166 Å². The van der Waals surface area contributed by atoms with Gasteiger partial charge in [-0.2, -0.15) is 0 Å². The Morgan fingerprint density at radius 1 is 0.962 bits per heavy atom. The second-order valence-electron chi connectivity index (χ2n) is 5.70. The fourth-order valence-corrected chi connectivity index (χ4v) is 3.67. The number of halogens is 2. The number of aromatic carboxylic acids is 2. The zero-order chi connectivity index (χ0) is 19.6. The van der Waals surface area contributed by atoms with Gasteiger partial charge in [-0.15, -0.1) is 0 Å². The maximum absolute atomic E-state index is 12.5. The van der Waals surface area contributed by atoms with Crippen LogP contribution >= 0.6 is 31.9 Å². The van der Waals surface area contributed by atoms with Crippen LogP contribution in [0.15, 0.2) is 39.3 Å². The maximum Gasteiger partial charge on any atom is 0.344 e. The highest BCUT2D eigenvalue weighted by Gasteiger charge is 2.26. The van der Waals surface area contributed by atoms with E-state index in [9.17, 15) is 19.5 Å². The molecule has 26 heavy (non-hydrogen) atoms. The second kappa shape index (κ2) is 8.01. The number of ether oxygens (including phenoxy) is 1. The molecule has 136 valence electrons. The SMILES string of the molecule is CC(C)c1cc(Br)c(OC(=O)c2cccc(C(=O)O)c2C(=O)O)c(Br)c1. The van der Waals surface area contributed by atoms with Crippen LogP contribution in [0.2, 0.25) is 0 Å². The highest BCUT2D eigenvalue weighted by molar-refractivity contribution is 9.11. The highest BCUT2D eigenvalue weighted by atomic mass is 79.9. The first-order chi connectivity index (χ1) is 12.1. The Morgan fingerprint density at radius 3 is 1.96 bits per heavy atom. The van der Waals surface area contributed by atoms with E-state index in [4.69, 9.17) is 9.84 Å². The molecule has 0 saturated heterocycles. The van der Waals surface area contributed by atoms with Crippen molar-refractivity contribution >= 4 is 49.8 Å². The first-order valence-corrected chi connectivity index (χ1v) is 9.02. The topological polar surface area (TPSA) is 101 Å². The Hall–Kier alpha value is -2.19. The van der Waals surface area contributed by atoms with Crippen molar-refractivity contribution in [3.8, 4) is 5.75 Å². The van der Waals surface area contributed by atoms with Gasteiger partial charge in [0.1, 0.15) is 0 Å². The summed E-state index contributed by atoms with van der Waals surface area (Å²) in [4.78, 5) is 35.2. The molecule has 0 heterocycles. The number of carboxylic acid groups (broad SMARTS) is 2. The van der Waals surface area contributed by atoms with Gasteiger partial charge in [0.2, 0.25) is 0 Å². The van der Waals surface area contributed by atoms with E-state index in [-0.39, 0.29) is 17.2 Å². The molecule has 2 aromatic carbocycles. The molecule has 0 radical (unpaired) electrons. The van der Waals surface area contributed by atoms with Crippen LogP contribution in [-0.2, 0) is 0 Å². The fraction of sp³-hybridized carbons (Fsp3) is 0.167. The standard InChI is InChI=1S/C18H14Br2O6/c1-8(2)9-6-12(19)15(13(20)7-9)26-18(25)11-5-3-4-10(16(21)22)14(11)17(23)24/h3-8H,1-2H3,(H,21,22)(H,23,24). The Morgan fingerprint density at radius 2 is 1.50 bits per heavy atom. The van der Waals surface area contributed by atoms with Gasteiger partial charge in [0.05, 0.1) is 25.6 Å². The zero-order valence-corrected chi connectivity index (χ0v) is 16.9. The molecule has 0 aliphatic rings. The average Bonchev–Trinajstić information content (AvgIpc) is 2.56. The third-order valence-electron chi connectivity index (χ3n) is 3.61. The smallest absolute Gasteiger partial charge is 0.344 e. The summed E-state index contributed by atoms with van der Waals surface area (Å²) < 4.78 is 6.35. The molecule has 0 bridgehead atoms. The Balaban J connectivity index is 2.48. The van der Waals surface area contributed by atoms with Gasteiger partial charge in [0, 0.05) is 0 Å². The Bertz CT molecular complexity index is 882. The summed E-state index contributed by atoms with van der Waals surface area (Å²) in [5, 5.41) is 18.5. The molecular weight excluding hydrogens is 472 g/mol. The van der Waals surface area contributed by atoms with Crippen molar-refractivity contribution in [2.45, 2.75) is 19.8 Å². The molecule has 0 aliphatic carbocycles. The normalized spacial score (nSPS) is 10.7. The summed E-state index contributed by atoms with van der Waals surface area (Å²) in [5.74, 6) is -3.51. The van der Waals surface area contributed by atoms with Gasteiger partial charge in [-0.1, -0.05) is 19.9 Å². The summed E-state index contributed by atoms with van der Waals surface area (Å²) in [5.41, 5.74) is -0.442. The van der Waals surface area contributed by atoms with Crippen molar-refractivity contribution < 1.29 is 29.3 Å². The molecule has 0 unspecified atom stereocenters. The molecule has 0 atom stereocenters. The van der Waals surface area contributed by atoms with E-state index in [0.29, 0.717) is 8.95 Å². The van der Waals surface area contributed by atoms with Crippen molar-refractivity contribution in [3.63, 3.8) is 0 Å². The quantitative estimate of drug-likeness (QED) is 0.459. The third-order valence-corrected chi connectivity index (χ3v) is 4.79. The minimum absolute atomic E-state index is 0.177. The van der Waals surface area contributed by atoms with Gasteiger partial charge in [-0.05, 0) is 67.6 Å². The van der Waals surface area contributed by atoms with Crippen LogP contribution in [0.1, 0.15) is 56.4 Å². The van der Waals surface area contributed by atoms with Crippen molar-refractivity contribution in [3.05, 3.63) is 61.5 Å². The van der Waals surface area contributed by atoms with Gasteiger partial charge < -0.3 is 14.9 Å². The molecule has 0 amide bonds. The molecular formula is C18H14Br2O6. The molecule has 0 aliphatic heterocycles. The number of carbonyl (C=O) groups excluding carboxylic acids is 1. The first-order valence-electron chi connectivity index (χ1n) is 7.44. The van der Waals surface area contributed by atoms with Gasteiger partial charge in [0.25, 0.3) is 0 Å². The number of benzene rings is 2. The number of hydrogen-bond donors (Lipinski definition) is 2. The number of hydrogen-bond acceptors (Lipinski definition) is 4. The average molecular weight is 486 g/mol. The third kappa shape index (κ3) is 4.13. The van der Waals surface area contributed by atoms with Crippen molar-refractivity contribution in [1.29, 1.82) is 0 Å². The number of carboxylic acids is 2. The van der Waals surface area contributed by atoms with Crippen molar-refractivity contribution in [2.24, 2.45) is 0 Å². The lowest BCUT2D eigenvalue weighted by Crippen LogP contribution is -2.18. The van der Waals surface area contributed by atoms with Crippen LogP contribution in [-0.4, -0.2) is 28.1 Å². The second-order valence-corrected chi connectivity index (χ2v) is 7.41. The minimum Gasteiger partial charge on any atom is -0.478 e. The number of carbonyl (C=O) groups is 3. The number of rotatable bonds is 5. The Kier molecular flexibility index (Phi) is 6.20.